The number of benzene rings is 1. The van der Waals surface area contributed by atoms with Crippen LogP contribution >= 0.6 is 11.3 Å². The zero-order valence-corrected chi connectivity index (χ0v) is 15.5. The summed E-state index contributed by atoms with van der Waals surface area (Å²) in [5.41, 5.74) is 1.69. The first kappa shape index (κ1) is 17.3. The second-order valence-corrected chi connectivity index (χ2v) is 9.14. The van der Waals surface area contributed by atoms with Gasteiger partial charge in [0, 0.05) is 19.0 Å². The molecule has 0 saturated carbocycles. The van der Waals surface area contributed by atoms with Crippen LogP contribution in [0.3, 0.4) is 0 Å². The third kappa shape index (κ3) is 3.31. The van der Waals surface area contributed by atoms with E-state index in [2.05, 4.69) is 0 Å². The van der Waals surface area contributed by atoms with Crippen LogP contribution < -0.4 is 0 Å². The Balaban J connectivity index is 1.74. The number of sulfonamides is 1. The van der Waals surface area contributed by atoms with Crippen LogP contribution in [-0.2, 0) is 10.0 Å². The fourth-order valence-corrected chi connectivity index (χ4v) is 5.63. The molecule has 3 rings (SSSR count). The highest BCUT2D eigenvalue weighted by Crippen LogP contribution is 2.28. The molecule has 2 heterocycles. The van der Waals surface area contributed by atoms with Crippen molar-refractivity contribution in [3.05, 3.63) is 51.7 Å². The molecule has 6 heteroatoms. The third-order valence-corrected chi connectivity index (χ3v) is 7.48. The molecule has 0 amide bonds. The zero-order valence-electron chi connectivity index (χ0n) is 13.9. The number of carbonyl (C=O) groups excluding carboxylic acids is 1. The number of Topliss-reactive ketones (excluding diaryl/α,β-unsaturated/α-hetero) is 1. The van der Waals surface area contributed by atoms with E-state index < -0.39 is 10.0 Å². The van der Waals surface area contributed by atoms with Gasteiger partial charge >= 0.3 is 0 Å². The van der Waals surface area contributed by atoms with Crippen LogP contribution in [0, 0.1) is 19.8 Å². The number of carbonyl (C=O) groups is 1. The van der Waals surface area contributed by atoms with Crippen LogP contribution in [0.15, 0.2) is 40.6 Å². The van der Waals surface area contributed by atoms with Crippen molar-refractivity contribution in [1.82, 2.24) is 4.31 Å². The van der Waals surface area contributed by atoms with Crippen molar-refractivity contribution < 1.29 is 13.2 Å². The van der Waals surface area contributed by atoms with E-state index in [1.807, 2.05) is 43.5 Å². The first-order valence-electron chi connectivity index (χ1n) is 8.04. The summed E-state index contributed by atoms with van der Waals surface area (Å²) in [4.78, 5) is 13.6. The van der Waals surface area contributed by atoms with Gasteiger partial charge in [-0.1, -0.05) is 18.2 Å². The van der Waals surface area contributed by atoms with Crippen molar-refractivity contribution in [3.63, 3.8) is 0 Å². The summed E-state index contributed by atoms with van der Waals surface area (Å²) in [7, 11) is -3.49. The Morgan fingerprint density at radius 1 is 1.17 bits per heavy atom. The summed E-state index contributed by atoms with van der Waals surface area (Å²) in [5.74, 6) is 0.0718. The fraction of sp³-hybridized carbons (Fsp3) is 0.389. The molecular weight excluding hydrogens is 342 g/mol. The molecule has 1 aliphatic rings. The number of piperidine rings is 1. The molecule has 2 aromatic rings. The lowest BCUT2D eigenvalue weighted by Gasteiger charge is -2.30. The van der Waals surface area contributed by atoms with Gasteiger partial charge in [-0.3, -0.25) is 4.79 Å². The number of rotatable bonds is 4. The standard InChI is InChI=1S/C18H21NO3S2/c1-13-5-6-14(2)17(12-13)24(21,22)19-9-7-15(8-10-19)18(20)16-4-3-11-23-16/h3-6,11-12,15H,7-10H2,1-2H3. The molecule has 128 valence electrons. The number of nitrogens with zero attached hydrogens (tertiary/aromatic N) is 1. The maximum Gasteiger partial charge on any atom is 0.243 e. The first-order chi connectivity index (χ1) is 11.4. The van der Waals surface area contributed by atoms with Gasteiger partial charge in [0.1, 0.15) is 0 Å². The molecule has 4 nitrogen and oxygen atoms in total. The summed E-state index contributed by atoms with van der Waals surface area (Å²) in [6.45, 7) is 4.51. The van der Waals surface area contributed by atoms with Gasteiger partial charge in [0.05, 0.1) is 9.77 Å². The van der Waals surface area contributed by atoms with Crippen molar-refractivity contribution in [1.29, 1.82) is 0 Å². The second-order valence-electron chi connectivity index (χ2n) is 6.29. The van der Waals surface area contributed by atoms with Gasteiger partial charge in [-0.05, 0) is 55.3 Å². The monoisotopic (exact) mass is 363 g/mol. The maximum absolute atomic E-state index is 12.9. The van der Waals surface area contributed by atoms with Crippen LogP contribution in [0.2, 0.25) is 0 Å². The van der Waals surface area contributed by atoms with Crippen LogP contribution in [0.5, 0.6) is 0 Å². The second kappa shape index (κ2) is 6.78. The number of hydrogen-bond acceptors (Lipinski definition) is 4. The zero-order chi connectivity index (χ0) is 17.3. The first-order valence-corrected chi connectivity index (χ1v) is 10.4. The highest BCUT2D eigenvalue weighted by atomic mass is 32.2. The molecule has 1 fully saturated rings. The summed E-state index contributed by atoms with van der Waals surface area (Å²) in [6.07, 6.45) is 1.17. The molecule has 1 aliphatic heterocycles. The molecule has 1 aromatic carbocycles. The highest BCUT2D eigenvalue weighted by Gasteiger charge is 2.33. The Morgan fingerprint density at radius 3 is 2.50 bits per heavy atom. The molecule has 0 N–H and O–H groups in total. The van der Waals surface area contributed by atoms with E-state index in [1.165, 1.54) is 15.6 Å². The summed E-state index contributed by atoms with van der Waals surface area (Å²) < 4.78 is 27.3. The Hall–Kier alpha value is -1.50. The van der Waals surface area contributed by atoms with Gasteiger partial charge < -0.3 is 0 Å². The van der Waals surface area contributed by atoms with E-state index in [1.54, 1.807) is 6.07 Å². The minimum atomic E-state index is -3.49. The van der Waals surface area contributed by atoms with E-state index in [9.17, 15) is 13.2 Å². The topological polar surface area (TPSA) is 54.5 Å². The van der Waals surface area contributed by atoms with Crippen molar-refractivity contribution in [2.75, 3.05) is 13.1 Å². The lowest BCUT2D eigenvalue weighted by Crippen LogP contribution is -2.40. The minimum Gasteiger partial charge on any atom is -0.293 e. The predicted octanol–water partition coefficient (Wildman–Crippen LogP) is 3.65. The summed E-state index contributed by atoms with van der Waals surface area (Å²) >= 11 is 1.45. The fourth-order valence-electron chi connectivity index (χ4n) is 3.10. The SMILES string of the molecule is Cc1ccc(C)c(S(=O)(=O)N2CCC(C(=O)c3cccs3)CC2)c1. The maximum atomic E-state index is 12.9. The molecule has 0 radical (unpaired) electrons. The lowest BCUT2D eigenvalue weighted by molar-refractivity contribution is 0.0879. The van der Waals surface area contributed by atoms with E-state index in [0.29, 0.717) is 30.8 Å². The lowest BCUT2D eigenvalue weighted by atomic mass is 9.93. The number of aryl methyl sites for hydroxylation is 2. The van der Waals surface area contributed by atoms with Crippen molar-refractivity contribution in [2.24, 2.45) is 5.92 Å². The largest absolute Gasteiger partial charge is 0.293 e. The van der Waals surface area contributed by atoms with Gasteiger partial charge in [-0.2, -0.15) is 4.31 Å². The molecule has 1 saturated heterocycles. The molecule has 0 unspecified atom stereocenters. The van der Waals surface area contributed by atoms with Gasteiger partial charge in [0.25, 0.3) is 0 Å². The van der Waals surface area contributed by atoms with Crippen LogP contribution in [0.1, 0.15) is 33.6 Å². The van der Waals surface area contributed by atoms with Crippen LogP contribution in [-0.4, -0.2) is 31.6 Å². The quantitative estimate of drug-likeness (QED) is 0.779. The molecule has 0 aliphatic carbocycles. The average Bonchev–Trinajstić information content (AvgIpc) is 3.11. The van der Waals surface area contributed by atoms with Crippen molar-refractivity contribution in [2.45, 2.75) is 31.6 Å². The highest BCUT2D eigenvalue weighted by molar-refractivity contribution is 7.89. The third-order valence-electron chi connectivity index (χ3n) is 4.55. The van der Waals surface area contributed by atoms with E-state index in [4.69, 9.17) is 0 Å². The van der Waals surface area contributed by atoms with Crippen LogP contribution in [0.4, 0.5) is 0 Å². The van der Waals surface area contributed by atoms with Gasteiger partial charge in [0.15, 0.2) is 5.78 Å². The molecule has 24 heavy (non-hydrogen) atoms. The van der Waals surface area contributed by atoms with E-state index >= 15 is 0 Å². The van der Waals surface area contributed by atoms with Gasteiger partial charge in [-0.15, -0.1) is 11.3 Å². The van der Waals surface area contributed by atoms with E-state index in [0.717, 1.165) is 16.0 Å². The van der Waals surface area contributed by atoms with Crippen molar-refractivity contribution >= 4 is 27.1 Å². The number of thiophene rings is 1. The van der Waals surface area contributed by atoms with Crippen LogP contribution in [0.25, 0.3) is 0 Å². The Kier molecular flexibility index (Phi) is 4.90. The van der Waals surface area contributed by atoms with E-state index in [-0.39, 0.29) is 11.7 Å². The number of ketones is 1. The smallest absolute Gasteiger partial charge is 0.243 e. The molecule has 0 bridgehead atoms. The van der Waals surface area contributed by atoms with Crippen molar-refractivity contribution in [3.8, 4) is 0 Å². The normalized spacial score (nSPS) is 17.1. The summed E-state index contributed by atoms with van der Waals surface area (Å²) in [6, 6.07) is 9.20. The molecule has 0 spiro atoms. The average molecular weight is 364 g/mol. The Bertz CT molecular complexity index is 833. The molecule has 0 atom stereocenters. The Morgan fingerprint density at radius 2 is 1.88 bits per heavy atom. The van der Waals surface area contributed by atoms with Gasteiger partial charge in [-0.25, -0.2) is 8.42 Å². The Labute approximate surface area is 147 Å². The molecular formula is C18H21NO3S2. The minimum absolute atomic E-state index is 0.0753. The van der Waals surface area contributed by atoms with Gasteiger partial charge in [0.2, 0.25) is 10.0 Å². The number of hydrogen-bond donors (Lipinski definition) is 0. The predicted molar refractivity (Wildman–Crippen MR) is 96.0 cm³/mol. The molecule has 1 aromatic heterocycles. The summed E-state index contributed by atoms with van der Waals surface area (Å²) in [5, 5.41) is 1.90.